The fourth-order valence-electron chi connectivity index (χ4n) is 2.29. The zero-order valence-corrected chi connectivity index (χ0v) is 11.8. The summed E-state index contributed by atoms with van der Waals surface area (Å²) >= 11 is 0. The van der Waals surface area contributed by atoms with E-state index in [4.69, 9.17) is 9.47 Å². The zero-order valence-electron chi connectivity index (χ0n) is 11.8. The van der Waals surface area contributed by atoms with Crippen molar-refractivity contribution in [1.29, 1.82) is 0 Å². The Morgan fingerprint density at radius 2 is 1.86 bits per heavy atom. The summed E-state index contributed by atoms with van der Waals surface area (Å²) < 4.78 is 11.3. The molecule has 0 radical (unpaired) electrons. The van der Waals surface area contributed by atoms with Gasteiger partial charge in [0.05, 0.1) is 11.5 Å². The van der Waals surface area contributed by atoms with E-state index < -0.39 is 4.92 Å². The molecule has 112 valence electrons. The molecule has 5 nitrogen and oxygen atoms in total. The van der Waals surface area contributed by atoms with E-state index in [2.05, 4.69) is 0 Å². The molecule has 1 saturated heterocycles. The van der Waals surface area contributed by atoms with Crippen LogP contribution in [0.1, 0.15) is 12.0 Å². The standard InChI is InChI=1S/C17H15NO4/c19-18(20)15-8-6-13(7-9-15)10-14-11-17(21-12-14)22-16-4-2-1-3-5-16/h1-10,17H,11-12H2/b14-10-/t17-/m0/s1. The number of nitrogens with zero attached hydrogens (tertiary/aromatic N) is 1. The van der Waals surface area contributed by atoms with Gasteiger partial charge in [-0.3, -0.25) is 10.1 Å². The van der Waals surface area contributed by atoms with Crippen molar-refractivity contribution in [1.82, 2.24) is 0 Å². The number of nitro groups is 1. The first-order valence-corrected chi connectivity index (χ1v) is 6.98. The van der Waals surface area contributed by atoms with Crippen molar-refractivity contribution in [2.75, 3.05) is 6.61 Å². The number of ether oxygens (including phenoxy) is 2. The molecule has 1 aliphatic rings. The van der Waals surface area contributed by atoms with Gasteiger partial charge in [0.15, 0.2) is 0 Å². The Bertz CT molecular complexity index is 680. The van der Waals surface area contributed by atoms with Crippen LogP contribution in [-0.2, 0) is 4.74 Å². The maximum atomic E-state index is 10.6. The summed E-state index contributed by atoms with van der Waals surface area (Å²) in [7, 11) is 0. The lowest BCUT2D eigenvalue weighted by Gasteiger charge is -2.11. The molecule has 1 fully saturated rings. The Labute approximate surface area is 127 Å². The minimum Gasteiger partial charge on any atom is -0.465 e. The van der Waals surface area contributed by atoms with Crippen LogP contribution in [0.15, 0.2) is 60.2 Å². The Hall–Kier alpha value is -2.66. The van der Waals surface area contributed by atoms with Crippen molar-refractivity contribution < 1.29 is 14.4 Å². The number of hydrogen-bond donors (Lipinski definition) is 0. The predicted molar refractivity (Wildman–Crippen MR) is 82.5 cm³/mol. The van der Waals surface area contributed by atoms with E-state index in [9.17, 15) is 10.1 Å². The quantitative estimate of drug-likeness (QED) is 0.636. The molecule has 1 aliphatic heterocycles. The number of hydrogen-bond acceptors (Lipinski definition) is 4. The van der Waals surface area contributed by atoms with E-state index in [1.165, 1.54) is 12.1 Å². The lowest BCUT2D eigenvalue weighted by Crippen LogP contribution is -2.13. The van der Waals surface area contributed by atoms with Crippen LogP contribution in [-0.4, -0.2) is 17.8 Å². The number of rotatable bonds is 4. The highest BCUT2D eigenvalue weighted by atomic mass is 16.7. The van der Waals surface area contributed by atoms with Gasteiger partial charge in [0.1, 0.15) is 5.75 Å². The van der Waals surface area contributed by atoms with Crippen LogP contribution in [0.2, 0.25) is 0 Å². The van der Waals surface area contributed by atoms with E-state index >= 15 is 0 Å². The molecule has 0 bridgehead atoms. The lowest BCUT2D eigenvalue weighted by molar-refractivity contribution is -0.384. The van der Waals surface area contributed by atoms with E-state index in [1.807, 2.05) is 36.4 Å². The van der Waals surface area contributed by atoms with Crippen LogP contribution in [0.4, 0.5) is 5.69 Å². The summed E-state index contributed by atoms with van der Waals surface area (Å²) in [6, 6.07) is 16.0. The highest BCUT2D eigenvalue weighted by Crippen LogP contribution is 2.24. The topological polar surface area (TPSA) is 61.6 Å². The summed E-state index contributed by atoms with van der Waals surface area (Å²) in [5.41, 5.74) is 2.12. The molecule has 0 spiro atoms. The lowest BCUT2D eigenvalue weighted by atomic mass is 10.1. The summed E-state index contributed by atoms with van der Waals surface area (Å²) in [6.07, 6.45) is 2.39. The molecule has 0 saturated carbocycles. The van der Waals surface area contributed by atoms with E-state index in [0.29, 0.717) is 13.0 Å². The van der Waals surface area contributed by atoms with Crippen molar-refractivity contribution >= 4 is 11.8 Å². The molecule has 22 heavy (non-hydrogen) atoms. The first-order valence-electron chi connectivity index (χ1n) is 6.98. The molecule has 0 aliphatic carbocycles. The maximum absolute atomic E-state index is 10.6. The monoisotopic (exact) mass is 297 g/mol. The van der Waals surface area contributed by atoms with Crippen molar-refractivity contribution in [3.05, 3.63) is 75.8 Å². The SMILES string of the molecule is O=[N+]([O-])c1ccc(/C=C2\CO[C@@H](Oc3ccccc3)C2)cc1. The van der Waals surface area contributed by atoms with Crippen LogP contribution in [0, 0.1) is 10.1 Å². The van der Waals surface area contributed by atoms with Crippen LogP contribution >= 0.6 is 0 Å². The molecular formula is C17H15NO4. The van der Waals surface area contributed by atoms with Crippen LogP contribution < -0.4 is 4.74 Å². The fourth-order valence-corrected chi connectivity index (χ4v) is 2.29. The number of benzene rings is 2. The number of nitro benzene ring substituents is 1. The van der Waals surface area contributed by atoms with E-state index in [0.717, 1.165) is 16.9 Å². The summed E-state index contributed by atoms with van der Waals surface area (Å²) in [5, 5.41) is 10.6. The van der Waals surface area contributed by atoms with Gasteiger partial charge < -0.3 is 9.47 Å². The first-order chi connectivity index (χ1) is 10.7. The third-order valence-electron chi connectivity index (χ3n) is 3.37. The molecule has 0 aromatic heterocycles. The van der Waals surface area contributed by atoms with Crippen molar-refractivity contribution in [3.63, 3.8) is 0 Å². The molecule has 3 rings (SSSR count). The first kappa shape index (κ1) is 14.3. The normalized spacial score (nSPS) is 19.3. The Morgan fingerprint density at radius 3 is 2.55 bits per heavy atom. The summed E-state index contributed by atoms with van der Waals surface area (Å²) in [6.45, 7) is 0.508. The Kier molecular flexibility index (Phi) is 4.16. The van der Waals surface area contributed by atoms with E-state index in [-0.39, 0.29) is 12.0 Å². The minimum absolute atomic E-state index is 0.0927. The van der Waals surface area contributed by atoms with Gasteiger partial charge in [0.2, 0.25) is 6.29 Å². The third kappa shape index (κ3) is 3.51. The molecule has 0 amide bonds. The van der Waals surface area contributed by atoms with Gasteiger partial charge in [-0.15, -0.1) is 0 Å². The summed E-state index contributed by atoms with van der Waals surface area (Å²) in [4.78, 5) is 10.2. The highest BCUT2D eigenvalue weighted by Gasteiger charge is 2.21. The van der Waals surface area contributed by atoms with Gasteiger partial charge in [-0.2, -0.15) is 0 Å². The third-order valence-corrected chi connectivity index (χ3v) is 3.37. The Balaban J connectivity index is 1.63. The van der Waals surface area contributed by atoms with Crippen molar-refractivity contribution in [2.24, 2.45) is 0 Å². The fraction of sp³-hybridized carbons (Fsp3) is 0.176. The largest absolute Gasteiger partial charge is 0.465 e. The molecule has 1 heterocycles. The smallest absolute Gasteiger partial charge is 0.269 e. The van der Waals surface area contributed by atoms with E-state index in [1.54, 1.807) is 12.1 Å². The van der Waals surface area contributed by atoms with Gasteiger partial charge in [-0.1, -0.05) is 24.3 Å². The number of non-ortho nitro benzene ring substituents is 1. The second kappa shape index (κ2) is 6.41. The predicted octanol–water partition coefficient (Wildman–Crippen LogP) is 3.80. The Morgan fingerprint density at radius 1 is 1.14 bits per heavy atom. The van der Waals surface area contributed by atoms with Crippen LogP contribution in [0.5, 0.6) is 5.75 Å². The zero-order chi connectivity index (χ0) is 15.4. The van der Waals surface area contributed by atoms with Gasteiger partial charge >= 0.3 is 0 Å². The van der Waals surface area contributed by atoms with Gasteiger partial charge in [0.25, 0.3) is 5.69 Å². The average molecular weight is 297 g/mol. The molecule has 0 unspecified atom stereocenters. The molecule has 5 heteroatoms. The average Bonchev–Trinajstić information content (AvgIpc) is 2.96. The van der Waals surface area contributed by atoms with Gasteiger partial charge in [-0.05, 0) is 35.4 Å². The minimum atomic E-state index is -0.403. The molecule has 1 atom stereocenters. The number of para-hydroxylation sites is 1. The van der Waals surface area contributed by atoms with Gasteiger partial charge in [-0.25, -0.2) is 0 Å². The van der Waals surface area contributed by atoms with Gasteiger partial charge in [0, 0.05) is 18.6 Å². The molecule has 2 aromatic carbocycles. The van der Waals surface area contributed by atoms with Crippen molar-refractivity contribution in [3.8, 4) is 5.75 Å². The molecule has 0 N–H and O–H groups in total. The molecule has 2 aromatic rings. The summed E-state index contributed by atoms with van der Waals surface area (Å²) in [5.74, 6) is 0.782. The highest BCUT2D eigenvalue weighted by molar-refractivity contribution is 5.55. The maximum Gasteiger partial charge on any atom is 0.269 e. The van der Waals surface area contributed by atoms with Crippen LogP contribution in [0.3, 0.4) is 0 Å². The second-order valence-corrected chi connectivity index (χ2v) is 5.03. The van der Waals surface area contributed by atoms with Crippen LogP contribution in [0.25, 0.3) is 6.08 Å². The molecular weight excluding hydrogens is 282 g/mol. The second-order valence-electron chi connectivity index (χ2n) is 5.03. The van der Waals surface area contributed by atoms with Crippen molar-refractivity contribution in [2.45, 2.75) is 12.7 Å².